The van der Waals surface area contributed by atoms with Gasteiger partial charge in [-0.15, -0.1) is 0 Å². The van der Waals surface area contributed by atoms with Gasteiger partial charge in [-0.25, -0.2) is 4.79 Å². The van der Waals surface area contributed by atoms with Crippen LogP contribution in [0.4, 0.5) is 10.5 Å². The highest BCUT2D eigenvalue weighted by atomic mass is 35.5. The minimum atomic E-state index is -0.0987. The number of piperidine rings is 1. The Morgan fingerprint density at radius 2 is 2.07 bits per heavy atom. The number of nitrogens with zero attached hydrogens (tertiary/aromatic N) is 3. The molecule has 1 N–H and O–H groups in total. The lowest BCUT2D eigenvalue weighted by atomic mass is 9.96. The molecule has 0 radical (unpaired) electrons. The van der Waals surface area contributed by atoms with Gasteiger partial charge in [0.25, 0.3) is 0 Å². The Morgan fingerprint density at radius 3 is 2.80 bits per heavy atom. The zero-order chi connectivity index (χ0) is 21.1. The van der Waals surface area contributed by atoms with Crippen LogP contribution in [0.5, 0.6) is 5.75 Å². The number of benzene rings is 1. The average molecular weight is 429 g/mol. The number of pyridine rings is 1. The second-order valence-corrected chi connectivity index (χ2v) is 8.21. The summed E-state index contributed by atoms with van der Waals surface area (Å²) in [6.07, 6.45) is 4.65. The van der Waals surface area contributed by atoms with Crippen molar-refractivity contribution in [2.24, 2.45) is 5.92 Å². The highest BCUT2D eigenvalue weighted by Crippen LogP contribution is 2.36. The summed E-state index contributed by atoms with van der Waals surface area (Å²) in [5.74, 6) is 0.607. The van der Waals surface area contributed by atoms with E-state index in [4.69, 9.17) is 16.3 Å². The normalized spacial score (nSPS) is 19.1. The Hall–Kier alpha value is -2.80. The first-order chi connectivity index (χ1) is 14.5. The molecule has 4 rings (SSSR count). The predicted octanol–water partition coefficient (Wildman–Crippen LogP) is 3.47. The summed E-state index contributed by atoms with van der Waals surface area (Å²) < 4.78 is 5.84. The first-order valence-electron chi connectivity index (χ1n) is 10.2. The summed E-state index contributed by atoms with van der Waals surface area (Å²) in [6.45, 7) is 3.97. The summed E-state index contributed by atoms with van der Waals surface area (Å²) in [7, 11) is 0. The van der Waals surface area contributed by atoms with Crippen LogP contribution in [-0.4, -0.2) is 47.6 Å². The molecular weight excluding hydrogens is 404 g/mol. The fraction of sp³-hybridized carbons (Fsp3) is 0.409. The molecule has 0 aliphatic carbocycles. The van der Waals surface area contributed by atoms with E-state index in [1.165, 1.54) is 0 Å². The van der Waals surface area contributed by atoms with Crippen LogP contribution in [0.15, 0.2) is 42.7 Å². The number of likely N-dealkylation sites (tertiary alicyclic amines) is 1. The monoisotopic (exact) mass is 428 g/mol. The summed E-state index contributed by atoms with van der Waals surface area (Å²) >= 11 is 6.14. The van der Waals surface area contributed by atoms with Gasteiger partial charge in [0, 0.05) is 43.0 Å². The molecule has 0 saturated carbocycles. The Labute approximate surface area is 181 Å². The van der Waals surface area contributed by atoms with Crippen molar-refractivity contribution in [1.82, 2.24) is 15.2 Å². The van der Waals surface area contributed by atoms with Gasteiger partial charge in [-0.2, -0.15) is 0 Å². The lowest BCUT2D eigenvalue weighted by molar-refractivity contribution is -0.126. The third-order valence-electron chi connectivity index (χ3n) is 5.54. The van der Waals surface area contributed by atoms with Crippen LogP contribution < -0.4 is 15.0 Å². The number of ether oxygens (including phenoxy) is 1. The quantitative estimate of drug-likeness (QED) is 0.812. The maximum absolute atomic E-state index is 13.2. The zero-order valence-corrected chi connectivity index (χ0v) is 17.6. The van der Waals surface area contributed by atoms with E-state index in [2.05, 4.69) is 10.3 Å². The topological polar surface area (TPSA) is 74.8 Å². The van der Waals surface area contributed by atoms with Gasteiger partial charge < -0.3 is 15.0 Å². The predicted molar refractivity (Wildman–Crippen MR) is 115 cm³/mol. The maximum Gasteiger partial charge on any atom is 0.324 e. The van der Waals surface area contributed by atoms with Crippen LogP contribution in [0, 0.1) is 5.92 Å². The smallest absolute Gasteiger partial charge is 0.324 e. The van der Waals surface area contributed by atoms with Crippen molar-refractivity contribution in [3.05, 3.63) is 53.3 Å². The van der Waals surface area contributed by atoms with Gasteiger partial charge in [0.2, 0.25) is 5.91 Å². The Morgan fingerprint density at radius 1 is 1.27 bits per heavy atom. The molecule has 1 atom stereocenters. The number of anilines is 1. The highest BCUT2D eigenvalue weighted by molar-refractivity contribution is 6.31. The summed E-state index contributed by atoms with van der Waals surface area (Å²) in [4.78, 5) is 33.3. The summed E-state index contributed by atoms with van der Waals surface area (Å²) in [5.41, 5.74) is 1.67. The van der Waals surface area contributed by atoms with Gasteiger partial charge in [0.05, 0.1) is 12.2 Å². The molecule has 30 heavy (non-hydrogen) atoms. The van der Waals surface area contributed by atoms with Crippen LogP contribution in [-0.2, 0) is 11.3 Å². The van der Waals surface area contributed by atoms with Crippen molar-refractivity contribution in [2.45, 2.75) is 32.4 Å². The first kappa shape index (κ1) is 20.5. The van der Waals surface area contributed by atoms with Crippen LogP contribution in [0.3, 0.4) is 0 Å². The second kappa shape index (κ2) is 8.92. The zero-order valence-electron chi connectivity index (χ0n) is 16.9. The van der Waals surface area contributed by atoms with Crippen LogP contribution in [0.1, 0.15) is 25.3 Å². The number of hydrogen-bond donors (Lipinski definition) is 1. The van der Waals surface area contributed by atoms with Crippen molar-refractivity contribution in [3.63, 3.8) is 0 Å². The lowest BCUT2D eigenvalue weighted by Crippen LogP contribution is -2.52. The molecule has 1 fully saturated rings. The maximum atomic E-state index is 13.2. The van der Waals surface area contributed by atoms with Crippen molar-refractivity contribution in [1.29, 1.82) is 0 Å². The molecule has 0 unspecified atom stereocenters. The fourth-order valence-electron chi connectivity index (χ4n) is 3.93. The van der Waals surface area contributed by atoms with Gasteiger partial charge in [0.1, 0.15) is 11.9 Å². The van der Waals surface area contributed by atoms with E-state index in [0.29, 0.717) is 55.5 Å². The third-order valence-corrected chi connectivity index (χ3v) is 5.77. The van der Waals surface area contributed by atoms with Gasteiger partial charge in [-0.3, -0.25) is 14.7 Å². The summed E-state index contributed by atoms with van der Waals surface area (Å²) in [6, 6.07) is 9.04. The highest BCUT2D eigenvalue weighted by Gasteiger charge is 2.34. The molecule has 3 amide bonds. The minimum absolute atomic E-state index is 0.0306. The molecule has 7 nitrogen and oxygen atoms in total. The number of amides is 3. The third kappa shape index (κ3) is 4.51. The molecule has 2 aromatic rings. The van der Waals surface area contributed by atoms with E-state index < -0.39 is 0 Å². The van der Waals surface area contributed by atoms with Crippen LogP contribution in [0.2, 0.25) is 5.02 Å². The minimum Gasteiger partial charge on any atom is -0.487 e. The van der Waals surface area contributed by atoms with E-state index in [1.807, 2.05) is 24.0 Å². The van der Waals surface area contributed by atoms with Crippen molar-refractivity contribution in [3.8, 4) is 5.75 Å². The Bertz CT molecular complexity index is 916. The SMILES string of the molecule is C[C@H]1CN(C(=O)N2CCC(C(=O)NCc3cccnc3)CC2)c2cc(Cl)ccc2O1. The van der Waals surface area contributed by atoms with Crippen molar-refractivity contribution in [2.75, 3.05) is 24.5 Å². The Balaban J connectivity index is 1.34. The van der Waals surface area contributed by atoms with E-state index in [1.54, 1.807) is 35.5 Å². The number of urea groups is 1. The molecule has 1 aromatic heterocycles. The number of nitrogens with one attached hydrogen (secondary N) is 1. The molecular formula is C22H25ClN4O3. The van der Waals surface area contributed by atoms with Crippen LogP contribution >= 0.6 is 11.6 Å². The van der Waals surface area contributed by atoms with Gasteiger partial charge in [0.15, 0.2) is 0 Å². The molecule has 158 valence electrons. The second-order valence-electron chi connectivity index (χ2n) is 7.77. The van der Waals surface area contributed by atoms with E-state index in [-0.39, 0.29) is 24.0 Å². The molecule has 8 heteroatoms. The molecule has 2 aliphatic heterocycles. The number of carbonyl (C=O) groups is 2. The van der Waals surface area contributed by atoms with Crippen molar-refractivity contribution < 1.29 is 14.3 Å². The first-order valence-corrected chi connectivity index (χ1v) is 10.6. The molecule has 0 bridgehead atoms. The van der Waals surface area contributed by atoms with Crippen LogP contribution in [0.25, 0.3) is 0 Å². The lowest BCUT2D eigenvalue weighted by Gasteiger charge is -2.39. The molecule has 1 saturated heterocycles. The van der Waals surface area contributed by atoms with Crippen molar-refractivity contribution >= 4 is 29.2 Å². The number of carbonyl (C=O) groups excluding carboxylic acids is 2. The molecule has 3 heterocycles. The molecule has 1 aromatic carbocycles. The number of aromatic nitrogens is 1. The van der Waals surface area contributed by atoms with Gasteiger partial charge in [-0.1, -0.05) is 17.7 Å². The average Bonchev–Trinajstić information content (AvgIpc) is 2.77. The number of hydrogen-bond acceptors (Lipinski definition) is 4. The van der Waals surface area contributed by atoms with E-state index in [9.17, 15) is 9.59 Å². The number of rotatable bonds is 3. The van der Waals surface area contributed by atoms with Gasteiger partial charge >= 0.3 is 6.03 Å². The Kier molecular flexibility index (Phi) is 6.08. The van der Waals surface area contributed by atoms with E-state index in [0.717, 1.165) is 5.56 Å². The summed E-state index contributed by atoms with van der Waals surface area (Å²) in [5, 5.41) is 3.54. The molecule has 2 aliphatic rings. The van der Waals surface area contributed by atoms with E-state index >= 15 is 0 Å². The van der Waals surface area contributed by atoms with Gasteiger partial charge in [-0.05, 0) is 49.6 Å². The number of fused-ring (bicyclic) bond motifs is 1. The standard InChI is InChI=1S/C22H25ClN4O3/c1-15-14-27(19-11-18(23)4-5-20(19)30-15)22(29)26-9-6-17(7-10-26)21(28)25-13-16-3-2-8-24-12-16/h2-5,8,11-12,15,17H,6-7,9-10,13-14H2,1H3,(H,25,28)/t15-/m0/s1. The number of halogens is 1. The largest absolute Gasteiger partial charge is 0.487 e. The molecule has 0 spiro atoms. The fourth-order valence-corrected chi connectivity index (χ4v) is 4.10.